The van der Waals surface area contributed by atoms with E-state index in [9.17, 15) is 9.90 Å². The van der Waals surface area contributed by atoms with Gasteiger partial charge in [0.25, 0.3) is 0 Å². The Morgan fingerprint density at radius 2 is 2.09 bits per heavy atom. The molecule has 22 heavy (non-hydrogen) atoms. The minimum Gasteiger partial charge on any atom is -0.387 e. The number of halogens is 1. The first-order chi connectivity index (χ1) is 10.4. The van der Waals surface area contributed by atoms with Gasteiger partial charge in [-0.2, -0.15) is 5.10 Å². The lowest BCUT2D eigenvalue weighted by atomic mass is 10.0. The number of carbonyl (C=O) groups is 1. The predicted molar refractivity (Wildman–Crippen MR) is 85.8 cm³/mol. The number of carbonyl (C=O) groups excluding carboxylic acids is 1. The van der Waals surface area contributed by atoms with Gasteiger partial charge in [-0.15, -0.1) is 0 Å². The van der Waals surface area contributed by atoms with E-state index >= 15 is 0 Å². The van der Waals surface area contributed by atoms with Crippen LogP contribution in [0.4, 0.5) is 0 Å². The Morgan fingerprint density at radius 1 is 1.41 bits per heavy atom. The number of benzene rings is 1. The molecule has 6 heteroatoms. The number of nitrogens with zero attached hydrogens (tertiary/aromatic N) is 2. The lowest BCUT2D eigenvalue weighted by Gasteiger charge is -2.14. The first kappa shape index (κ1) is 16.5. The van der Waals surface area contributed by atoms with E-state index in [2.05, 4.69) is 10.4 Å². The van der Waals surface area contributed by atoms with Gasteiger partial charge >= 0.3 is 0 Å². The molecule has 0 radical (unpaired) electrons. The molecule has 0 aliphatic rings. The van der Waals surface area contributed by atoms with Crippen LogP contribution >= 0.6 is 11.6 Å². The summed E-state index contributed by atoms with van der Waals surface area (Å²) >= 11 is 6.11. The van der Waals surface area contributed by atoms with Crippen molar-refractivity contribution in [3.8, 4) is 0 Å². The Kier molecular flexibility index (Phi) is 5.21. The normalized spacial score (nSPS) is 12.2. The van der Waals surface area contributed by atoms with Crippen molar-refractivity contribution in [2.45, 2.75) is 26.4 Å². The van der Waals surface area contributed by atoms with Crippen LogP contribution in [0.2, 0.25) is 5.15 Å². The molecule has 0 aliphatic heterocycles. The molecule has 1 heterocycles. The lowest BCUT2D eigenvalue weighted by Crippen LogP contribution is -2.30. The largest absolute Gasteiger partial charge is 0.387 e. The van der Waals surface area contributed by atoms with E-state index in [-0.39, 0.29) is 18.9 Å². The highest BCUT2D eigenvalue weighted by Crippen LogP contribution is 2.19. The number of aliphatic hydroxyl groups excluding tert-OH is 1. The van der Waals surface area contributed by atoms with Crippen LogP contribution in [0, 0.1) is 13.8 Å². The summed E-state index contributed by atoms with van der Waals surface area (Å²) in [6.45, 7) is 3.91. The number of aromatic nitrogens is 2. The van der Waals surface area contributed by atoms with Crippen LogP contribution in [-0.2, 0) is 18.3 Å². The van der Waals surface area contributed by atoms with E-state index in [4.69, 9.17) is 11.6 Å². The van der Waals surface area contributed by atoms with E-state index in [1.165, 1.54) is 0 Å². The second kappa shape index (κ2) is 6.94. The first-order valence-electron chi connectivity index (χ1n) is 7.08. The van der Waals surface area contributed by atoms with Crippen LogP contribution < -0.4 is 5.32 Å². The third-order valence-electron chi connectivity index (χ3n) is 3.65. The number of rotatable bonds is 5. The number of amides is 1. The molecular formula is C16H20ClN3O2. The van der Waals surface area contributed by atoms with Gasteiger partial charge in [-0.3, -0.25) is 9.48 Å². The maximum absolute atomic E-state index is 12.0. The van der Waals surface area contributed by atoms with Crippen molar-refractivity contribution >= 4 is 17.5 Å². The van der Waals surface area contributed by atoms with Gasteiger partial charge in [0, 0.05) is 19.2 Å². The summed E-state index contributed by atoms with van der Waals surface area (Å²) < 4.78 is 1.54. The SMILES string of the molecule is Cc1ccccc1C(O)CNC(=O)Cc1c(C)nn(C)c1Cl. The summed E-state index contributed by atoms with van der Waals surface area (Å²) in [5.41, 5.74) is 3.27. The molecule has 1 aromatic carbocycles. The van der Waals surface area contributed by atoms with Gasteiger partial charge in [-0.25, -0.2) is 0 Å². The fourth-order valence-electron chi connectivity index (χ4n) is 2.38. The molecule has 0 bridgehead atoms. The van der Waals surface area contributed by atoms with Crippen molar-refractivity contribution in [2.24, 2.45) is 7.05 Å². The van der Waals surface area contributed by atoms with Crippen LogP contribution in [0.15, 0.2) is 24.3 Å². The molecule has 2 N–H and O–H groups in total. The molecule has 1 unspecified atom stereocenters. The molecule has 1 amide bonds. The Hall–Kier alpha value is -1.85. The molecule has 0 fully saturated rings. The number of aryl methyl sites for hydroxylation is 3. The lowest BCUT2D eigenvalue weighted by molar-refractivity contribution is -0.120. The van der Waals surface area contributed by atoms with E-state index < -0.39 is 6.10 Å². The molecule has 118 valence electrons. The van der Waals surface area contributed by atoms with Crippen LogP contribution in [-0.4, -0.2) is 27.3 Å². The van der Waals surface area contributed by atoms with E-state index in [0.717, 1.165) is 16.8 Å². The second-order valence-corrected chi connectivity index (χ2v) is 5.69. The van der Waals surface area contributed by atoms with E-state index in [0.29, 0.717) is 10.7 Å². The average molecular weight is 322 g/mol. The van der Waals surface area contributed by atoms with Crippen molar-refractivity contribution in [2.75, 3.05) is 6.54 Å². The molecule has 0 aliphatic carbocycles. The quantitative estimate of drug-likeness (QED) is 0.886. The summed E-state index contributed by atoms with van der Waals surface area (Å²) in [5.74, 6) is -0.189. The zero-order chi connectivity index (χ0) is 16.3. The van der Waals surface area contributed by atoms with Crippen LogP contribution in [0.3, 0.4) is 0 Å². The monoisotopic (exact) mass is 321 g/mol. The van der Waals surface area contributed by atoms with Crippen LogP contribution in [0.5, 0.6) is 0 Å². The van der Waals surface area contributed by atoms with Gasteiger partial charge in [0.15, 0.2) is 0 Å². The Bertz CT molecular complexity index is 682. The van der Waals surface area contributed by atoms with Gasteiger partial charge in [0.05, 0.1) is 18.2 Å². The van der Waals surface area contributed by atoms with Crippen LogP contribution in [0.1, 0.15) is 28.5 Å². The zero-order valence-corrected chi connectivity index (χ0v) is 13.7. The van der Waals surface area contributed by atoms with Crippen molar-refractivity contribution in [1.29, 1.82) is 0 Å². The topological polar surface area (TPSA) is 67.2 Å². The Labute approximate surface area is 134 Å². The van der Waals surface area contributed by atoms with E-state index in [1.807, 2.05) is 38.1 Å². The maximum atomic E-state index is 12.0. The van der Waals surface area contributed by atoms with Gasteiger partial charge in [0.2, 0.25) is 5.91 Å². The van der Waals surface area contributed by atoms with E-state index in [1.54, 1.807) is 11.7 Å². The zero-order valence-electron chi connectivity index (χ0n) is 12.9. The fourth-order valence-corrected chi connectivity index (χ4v) is 2.62. The van der Waals surface area contributed by atoms with Crippen molar-refractivity contribution in [3.63, 3.8) is 0 Å². The highest BCUT2D eigenvalue weighted by molar-refractivity contribution is 6.30. The Balaban J connectivity index is 1.94. The second-order valence-electron chi connectivity index (χ2n) is 5.33. The van der Waals surface area contributed by atoms with Crippen molar-refractivity contribution in [1.82, 2.24) is 15.1 Å². The summed E-state index contributed by atoms with van der Waals surface area (Å²) in [6.07, 6.45) is -0.574. The smallest absolute Gasteiger partial charge is 0.224 e. The summed E-state index contributed by atoms with van der Waals surface area (Å²) in [6, 6.07) is 7.57. The third-order valence-corrected chi connectivity index (χ3v) is 4.12. The highest BCUT2D eigenvalue weighted by Gasteiger charge is 2.16. The fraction of sp³-hybridized carbons (Fsp3) is 0.375. The molecule has 1 aromatic heterocycles. The number of hydrogen-bond acceptors (Lipinski definition) is 3. The highest BCUT2D eigenvalue weighted by atomic mass is 35.5. The summed E-state index contributed by atoms with van der Waals surface area (Å²) in [7, 11) is 1.73. The third kappa shape index (κ3) is 3.67. The van der Waals surface area contributed by atoms with Gasteiger partial charge in [-0.05, 0) is 25.0 Å². The molecule has 2 rings (SSSR count). The number of aliphatic hydroxyl groups is 1. The number of nitrogens with one attached hydrogen (secondary N) is 1. The standard InChI is InChI=1S/C16H20ClN3O2/c1-10-6-4-5-7-12(10)14(21)9-18-15(22)8-13-11(2)19-20(3)16(13)17/h4-7,14,21H,8-9H2,1-3H3,(H,18,22). The van der Waals surface area contributed by atoms with Gasteiger partial charge in [-0.1, -0.05) is 35.9 Å². The van der Waals surface area contributed by atoms with Crippen molar-refractivity contribution < 1.29 is 9.90 Å². The Morgan fingerprint density at radius 3 is 2.68 bits per heavy atom. The van der Waals surface area contributed by atoms with Gasteiger partial charge < -0.3 is 10.4 Å². The molecule has 0 saturated heterocycles. The summed E-state index contributed by atoms with van der Waals surface area (Å²) in [5, 5.41) is 17.5. The molecule has 1 atom stereocenters. The minimum atomic E-state index is -0.726. The molecule has 2 aromatic rings. The summed E-state index contributed by atoms with van der Waals surface area (Å²) in [4.78, 5) is 12.0. The number of hydrogen-bond donors (Lipinski definition) is 2. The minimum absolute atomic E-state index is 0.152. The molecule has 5 nitrogen and oxygen atoms in total. The average Bonchev–Trinajstić information content (AvgIpc) is 2.72. The molecule has 0 saturated carbocycles. The predicted octanol–water partition coefficient (Wildman–Crippen LogP) is 2.08. The first-order valence-corrected chi connectivity index (χ1v) is 7.46. The van der Waals surface area contributed by atoms with Crippen molar-refractivity contribution in [3.05, 3.63) is 51.8 Å². The van der Waals surface area contributed by atoms with Gasteiger partial charge in [0.1, 0.15) is 5.15 Å². The maximum Gasteiger partial charge on any atom is 0.224 e. The molecule has 0 spiro atoms. The molecular weight excluding hydrogens is 302 g/mol. The van der Waals surface area contributed by atoms with Crippen LogP contribution in [0.25, 0.3) is 0 Å².